The van der Waals surface area contributed by atoms with E-state index >= 15 is 0 Å². The lowest BCUT2D eigenvalue weighted by Gasteiger charge is -2.07. The van der Waals surface area contributed by atoms with E-state index in [-0.39, 0.29) is 17.7 Å². The number of aromatic nitrogens is 7. The fraction of sp³-hybridized carbons (Fsp3) is 0.350. The summed E-state index contributed by atoms with van der Waals surface area (Å²) in [4.78, 5) is 36.3. The second-order valence-corrected chi connectivity index (χ2v) is 7.24. The highest BCUT2D eigenvalue weighted by Crippen LogP contribution is 2.27. The molecule has 0 unspecified atom stereocenters. The average Bonchev–Trinajstić information content (AvgIpc) is 3.39. The Bertz CT molecular complexity index is 1380. The molecule has 4 heterocycles. The average molecular weight is 447 g/mol. The Morgan fingerprint density at radius 1 is 1.09 bits per heavy atom. The van der Waals surface area contributed by atoms with Gasteiger partial charge in [-0.05, 0) is 25.0 Å². The van der Waals surface area contributed by atoms with Crippen molar-refractivity contribution in [2.75, 3.05) is 0 Å². The number of hydrogen-bond donors (Lipinski definition) is 1. The maximum Gasteiger partial charge on any atom is 0.433 e. The summed E-state index contributed by atoms with van der Waals surface area (Å²) in [7, 11) is 0. The fourth-order valence-electron chi connectivity index (χ4n) is 3.45. The number of H-pyrrole nitrogens is 1. The van der Waals surface area contributed by atoms with Crippen molar-refractivity contribution in [2.45, 2.75) is 46.1 Å². The van der Waals surface area contributed by atoms with Crippen LogP contribution in [0.1, 0.15) is 31.5 Å². The third-order valence-corrected chi connectivity index (χ3v) is 4.99. The summed E-state index contributed by atoms with van der Waals surface area (Å²) in [6, 6.07) is 2.26. The molecule has 4 aromatic heterocycles. The summed E-state index contributed by atoms with van der Waals surface area (Å²) >= 11 is 0. The van der Waals surface area contributed by atoms with Crippen LogP contribution in [0.4, 0.5) is 13.2 Å². The van der Waals surface area contributed by atoms with Gasteiger partial charge in [0.25, 0.3) is 5.56 Å². The molecule has 0 aliphatic carbocycles. The molecule has 0 aromatic carbocycles. The van der Waals surface area contributed by atoms with Crippen LogP contribution in [0.5, 0.6) is 0 Å². The Balaban J connectivity index is 1.67. The Morgan fingerprint density at radius 3 is 2.50 bits per heavy atom. The lowest BCUT2D eigenvalue weighted by Crippen LogP contribution is -2.39. The molecule has 12 heteroatoms. The molecular weight excluding hydrogens is 427 g/mol. The van der Waals surface area contributed by atoms with Gasteiger partial charge in [0, 0.05) is 25.5 Å². The summed E-state index contributed by atoms with van der Waals surface area (Å²) in [6.07, 6.45) is 0.467. The topological polar surface area (TPSA) is 103 Å². The normalized spacial score (nSPS) is 12.0. The number of fused-ring (bicyclic) bond motifs is 1. The van der Waals surface area contributed by atoms with E-state index in [1.54, 1.807) is 13.1 Å². The van der Waals surface area contributed by atoms with E-state index in [4.69, 9.17) is 0 Å². The van der Waals surface area contributed by atoms with E-state index in [0.29, 0.717) is 36.5 Å². The van der Waals surface area contributed by atoms with E-state index in [2.05, 4.69) is 20.1 Å². The zero-order valence-corrected chi connectivity index (χ0v) is 17.3. The Kier molecular flexibility index (Phi) is 5.45. The molecule has 0 spiro atoms. The molecule has 0 saturated heterocycles. The van der Waals surface area contributed by atoms with Crippen LogP contribution in [-0.2, 0) is 25.8 Å². The minimum Gasteiger partial charge on any atom is -0.332 e. The van der Waals surface area contributed by atoms with Crippen LogP contribution in [0.2, 0.25) is 0 Å². The maximum atomic E-state index is 12.8. The molecule has 168 valence electrons. The van der Waals surface area contributed by atoms with Crippen LogP contribution in [-0.4, -0.2) is 33.9 Å². The van der Waals surface area contributed by atoms with Crippen molar-refractivity contribution in [2.24, 2.45) is 0 Å². The molecule has 0 bridgehead atoms. The third-order valence-electron chi connectivity index (χ3n) is 4.99. The van der Waals surface area contributed by atoms with E-state index < -0.39 is 23.1 Å². The summed E-state index contributed by atoms with van der Waals surface area (Å²) in [5.74, 6) is 0.366. The summed E-state index contributed by atoms with van der Waals surface area (Å²) < 4.78 is 42.1. The Hall–Kier alpha value is -3.70. The molecule has 0 aliphatic heterocycles. The molecule has 0 atom stereocenters. The van der Waals surface area contributed by atoms with Crippen molar-refractivity contribution in [3.63, 3.8) is 0 Å². The molecule has 4 aromatic rings. The van der Waals surface area contributed by atoms with Gasteiger partial charge in [0.2, 0.25) is 0 Å². The first-order valence-electron chi connectivity index (χ1n) is 10.0. The van der Waals surface area contributed by atoms with Gasteiger partial charge >= 0.3 is 11.9 Å². The number of nitrogens with one attached hydrogen (secondary N) is 1. The van der Waals surface area contributed by atoms with E-state index in [1.807, 2.05) is 6.92 Å². The van der Waals surface area contributed by atoms with Crippen molar-refractivity contribution in [1.29, 1.82) is 0 Å². The Labute approximate surface area is 179 Å². The second-order valence-electron chi connectivity index (χ2n) is 7.24. The van der Waals surface area contributed by atoms with Crippen molar-refractivity contribution >= 4 is 11.2 Å². The minimum atomic E-state index is -4.49. The van der Waals surface area contributed by atoms with Gasteiger partial charge in [-0.3, -0.25) is 23.6 Å². The van der Waals surface area contributed by atoms with Gasteiger partial charge in [-0.2, -0.15) is 18.3 Å². The first-order chi connectivity index (χ1) is 15.2. The third kappa shape index (κ3) is 3.83. The van der Waals surface area contributed by atoms with Gasteiger partial charge in [0.1, 0.15) is 17.0 Å². The molecule has 4 rings (SSSR count). The maximum absolute atomic E-state index is 12.8. The molecule has 1 N–H and O–H groups in total. The number of rotatable bonds is 6. The highest BCUT2D eigenvalue weighted by Gasteiger charge is 2.32. The van der Waals surface area contributed by atoms with Crippen molar-refractivity contribution in [3.8, 4) is 11.4 Å². The monoisotopic (exact) mass is 447 g/mol. The van der Waals surface area contributed by atoms with Crippen LogP contribution in [0.25, 0.3) is 22.6 Å². The van der Waals surface area contributed by atoms with Crippen LogP contribution in [0, 0.1) is 0 Å². The van der Waals surface area contributed by atoms with Crippen LogP contribution < -0.4 is 11.2 Å². The fourth-order valence-corrected chi connectivity index (χ4v) is 3.45. The van der Waals surface area contributed by atoms with Gasteiger partial charge < -0.3 is 4.98 Å². The SMILES string of the molecule is CCCn1c(=O)c2[nH]c(-c3cnn(Cc4ccc(C(F)(F)F)nc4)c3)nc2n(CC)c1=O. The number of alkyl halides is 3. The molecule has 0 aliphatic rings. The zero-order chi connectivity index (χ0) is 23.0. The lowest BCUT2D eigenvalue weighted by molar-refractivity contribution is -0.141. The van der Waals surface area contributed by atoms with Gasteiger partial charge in [0.05, 0.1) is 18.3 Å². The minimum absolute atomic E-state index is 0.203. The van der Waals surface area contributed by atoms with Crippen LogP contribution in [0.15, 0.2) is 40.3 Å². The van der Waals surface area contributed by atoms with Crippen LogP contribution >= 0.6 is 0 Å². The highest BCUT2D eigenvalue weighted by atomic mass is 19.4. The van der Waals surface area contributed by atoms with Gasteiger partial charge in [-0.25, -0.2) is 9.78 Å². The summed E-state index contributed by atoms with van der Waals surface area (Å²) in [5.41, 5.74) is -0.189. The smallest absolute Gasteiger partial charge is 0.332 e. The summed E-state index contributed by atoms with van der Waals surface area (Å²) in [6.45, 7) is 4.54. The van der Waals surface area contributed by atoms with Gasteiger partial charge in [0.15, 0.2) is 5.65 Å². The second kappa shape index (κ2) is 8.09. The van der Waals surface area contributed by atoms with Crippen molar-refractivity contribution in [3.05, 3.63) is 62.8 Å². The lowest BCUT2D eigenvalue weighted by atomic mass is 10.2. The van der Waals surface area contributed by atoms with Crippen LogP contribution in [0.3, 0.4) is 0 Å². The standard InChI is InChI=1S/C20H20F3N7O2/c1-3-7-30-18(31)15-17(29(4-2)19(30)32)27-16(26-15)13-9-25-28(11-13)10-12-5-6-14(24-8-12)20(21,22)23/h5-6,8-9,11H,3-4,7,10H2,1-2H3,(H,26,27). The summed E-state index contributed by atoms with van der Waals surface area (Å²) in [5, 5.41) is 4.21. The van der Waals surface area contributed by atoms with Crippen molar-refractivity contribution < 1.29 is 13.2 Å². The predicted molar refractivity (Wildman–Crippen MR) is 110 cm³/mol. The first kappa shape index (κ1) is 21.5. The number of aryl methyl sites for hydroxylation is 1. The quantitative estimate of drug-likeness (QED) is 0.490. The number of halogens is 3. The number of aromatic amines is 1. The molecule has 9 nitrogen and oxygen atoms in total. The molecule has 0 saturated carbocycles. The number of hydrogen-bond acceptors (Lipinski definition) is 5. The molecule has 0 amide bonds. The molecule has 0 radical (unpaired) electrons. The number of imidazole rings is 1. The van der Waals surface area contributed by atoms with Gasteiger partial charge in [-0.15, -0.1) is 0 Å². The Morgan fingerprint density at radius 2 is 1.88 bits per heavy atom. The molecule has 0 fully saturated rings. The molecule has 32 heavy (non-hydrogen) atoms. The first-order valence-corrected chi connectivity index (χ1v) is 10.0. The number of nitrogens with zero attached hydrogens (tertiary/aromatic N) is 6. The van der Waals surface area contributed by atoms with E-state index in [9.17, 15) is 22.8 Å². The predicted octanol–water partition coefficient (Wildman–Crippen LogP) is 2.64. The highest BCUT2D eigenvalue weighted by molar-refractivity contribution is 5.75. The van der Waals surface area contributed by atoms with Crippen molar-refractivity contribution in [1.82, 2.24) is 33.9 Å². The van der Waals surface area contributed by atoms with E-state index in [0.717, 1.165) is 12.3 Å². The van der Waals surface area contributed by atoms with Gasteiger partial charge in [-0.1, -0.05) is 13.0 Å². The largest absolute Gasteiger partial charge is 0.433 e. The van der Waals surface area contributed by atoms with E-state index in [1.165, 1.54) is 26.1 Å². The zero-order valence-electron chi connectivity index (χ0n) is 17.3. The number of pyridine rings is 1. The molecular formula is C20H20F3N7O2.